The van der Waals surface area contributed by atoms with E-state index in [1.165, 1.54) is 18.2 Å². The van der Waals surface area contributed by atoms with Crippen LogP contribution in [0.1, 0.15) is 81.4 Å². The molecule has 4 fully saturated rings. The highest BCUT2D eigenvalue weighted by atomic mass is 19.4. The van der Waals surface area contributed by atoms with Crippen LogP contribution >= 0.6 is 0 Å². The Hall–Kier alpha value is -3.28. The Morgan fingerprint density at radius 1 is 1.02 bits per heavy atom. The summed E-state index contributed by atoms with van der Waals surface area (Å²) in [6.07, 6.45) is 2.49. The lowest BCUT2D eigenvalue weighted by molar-refractivity contribution is -0.274. The molecule has 2 saturated carbocycles. The number of carboxylic acids is 1. The van der Waals surface area contributed by atoms with Crippen LogP contribution in [-0.4, -0.2) is 57.8 Å². The lowest BCUT2D eigenvalue weighted by Gasteiger charge is -2.40. The van der Waals surface area contributed by atoms with Crippen molar-refractivity contribution >= 4 is 12.0 Å². The standard InChI is InChI=1S/C29H34F3N3O6/c30-29(31,32)40-24-4-2-1-3-22(24)25-23(26(41-34-25)16-5-6-16)15-39-21-13-19-11-12-20(14-21)35(19)28(38)33-18-9-7-17(8-10-18)27(36)37/h1-4,16-21H,5-15H2,(H,33,38)(H,36,37)/t17-,18-,19?,20?,21?. The molecule has 4 aliphatic rings. The second-order valence-corrected chi connectivity index (χ2v) is 11.7. The fourth-order valence-corrected chi connectivity index (χ4v) is 6.75. The third kappa shape index (κ3) is 6.17. The average molecular weight is 578 g/mol. The molecule has 2 amide bonds. The molecule has 2 aliphatic heterocycles. The van der Waals surface area contributed by atoms with Crippen molar-refractivity contribution in [2.45, 2.75) is 107 Å². The Kier molecular flexibility index (Phi) is 7.60. The number of hydrogen-bond donors (Lipinski definition) is 2. The van der Waals surface area contributed by atoms with Crippen molar-refractivity contribution in [3.05, 3.63) is 35.6 Å². The number of aromatic nitrogens is 1. The molecule has 0 radical (unpaired) electrons. The number of halogens is 3. The summed E-state index contributed by atoms with van der Waals surface area (Å²) in [4.78, 5) is 26.4. The molecule has 2 unspecified atom stereocenters. The van der Waals surface area contributed by atoms with E-state index in [-0.39, 0.29) is 60.0 Å². The van der Waals surface area contributed by atoms with E-state index in [0.717, 1.165) is 25.7 Å². The highest BCUT2D eigenvalue weighted by molar-refractivity contribution is 5.76. The zero-order chi connectivity index (χ0) is 28.7. The minimum absolute atomic E-state index is 0.0106. The fraction of sp³-hybridized carbons (Fsp3) is 0.621. The summed E-state index contributed by atoms with van der Waals surface area (Å²) in [6.45, 7) is 0.147. The summed E-state index contributed by atoms with van der Waals surface area (Å²) in [5.41, 5.74) is 1.14. The normalized spacial score (nSPS) is 28.0. The van der Waals surface area contributed by atoms with Gasteiger partial charge in [0.1, 0.15) is 17.2 Å². The zero-order valence-electron chi connectivity index (χ0n) is 22.6. The number of hydrogen-bond acceptors (Lipinski definition) is 6. The minimum Gasteiger partial charge on any atom is -0.481 e. The number of nitrogens with zero attached hydrogens (tertiary/aromatic N) is 2. The van der Waals surface area contributed by atoms with Gasteiger partial charge in [-0.1, -0.05) is 17.3 Å². The Labute approximate surface area is 235 Å². The summed E-state index contributed by atoms with van der Waals surface area (Å²) >= 11 is 0. The maximum atomic E-state index is 13.2. The molecule has 41 heavy (non-hydrogen) atoms. The minimum atomic E-state index is -4.84. The number of alkyl halides is 3. The number of urea groups is 1. The van der Waals surface area contributed by atoms with E-state index >= 15 is 0 Å². The molecule has 1 aromatic heterocycles. The number of rotatable bonds is 8. The summed E-state index contributed by atoms with van der Waals surface area (Å²) in [6, 6.07) is 5.88. The van der Waals surface area contributed by atoms with Crippen LogP contribution in [0.15, 0.2) is 28.8 Å². The largest absolute Gasteiger partial charge is 0.573 e. The SMILES string of the molecule is O=C(N[C@H]1CC[C@H](C(=O)O)CC1)N1C2CCC1CC(OCc1c(-c3ccccc3OC(F)(F)F)noc1C1CC1)C2. The van der Waals surface area contributed by atoms with E-state index < -0.39 is 12.3 Å². The topological polar surface area (TPSA) is 114 Å². The van der Waals surface area contributed by atoms with Crippen molar-refractivity contribution in [2.24, 2.45) is 5.92 Å². The van der Waals surface area contributed by atoms with Gasteiger partial charge in [-0.05, 0) is 76.3 Å². The van der Waals surface area contributed by atoms with E-state index in [4.69, 9.17) is 9.26 Å². The first-order chi connectivity index (χ1) is 19.7. The van der Waals surface area contributed by atoms with Crippen LogP contribution in [-0.2, 0) is 16.1 Å². The first kappa shape index (κ1) is 27.9. The lowest BCUT2D eigenvalue weighted by Crippen LogP contribution is -2.54. The maximum absolute atomic E-state index is 13.2. The number of carbonyl (C=O) groups is 2. The fourth-order valence-electron chi connectivity index (χ4n) is 6.75. The highest BCUT2D eigenvalue weighted by Crippen LogP contribution is 2.46. The van der Waals surface area contributed by atoms with Gasteiger partial charge in [-0.25, -0.2) is 4.79 Å². The van der Waals surface area contributed by atoms with Crippen LogP contribution in [0, 0.1) is 5.92 Å². The number of aliphatic carboxylic acids is 1. The molecule has 12 heteroatoms. The van der Waals surface area contributed by atoms with Crippen LogP contribution in [0.2, 0.25) is 0 Å². The number of carbonyl (C=O) groups excluding carboxylic acids is 1. The van der Waals surface area contributed by atoms with Crippen LogP contribution < -0.4 is 10.1 Å². The third-order valence-corrected chi connectivity index (χ3v) is 8.93. The predicted molar refractivity (Wildman–Crippen MR) is 139 cm³/mol. The summed E-state index contributed by atoms with van der Waals surface area (Å²) in [5, 5.41) is 16.5. The molecule has 2 atom stereocenters. The number of benzene rings is 1. The molecule has 2 bridgehead atoms. The summed E-state index contributed by atoms with van der Waals surface area (Å²) in [7, 11) is 0. The molecule has 6 rings (SSSR count). The quantitative estimate of drug-likeness (QED) is 0.397. The number of fused-ring (bicyclic) bond motifs is 2. The molecule has 0 spiro atoms. The molecule has 2 saturated heterocycles. The van der Waals surface area contributed by atoms with E-state index in [0.29, 0.717) is 55.5 Å². The van der Waals surface area contributed by atoms with Gasteiger partial charge in [0, 0.05) is 35.2 Å². The maximum Gasteiger partial charge on any atom is 0.573 e. The van der Waals surface area contributed by atoms with E-state index in [2.05, 4.69) is 15.2 Å². The molecule has 3 heterocycles. The van der Waals surface area contributed by atoms with Crippen molar-refractivity contribution in [2.75, 3.05) is 0 Å². The number of amides is 2. The van der Waals surface area contributed by atoms with Gasteiger partial charge in [-0.15, -0.1) is 13.2 Å². The first-order valence-corrected chi connectivity index (χ1v) is 14.4. The third-order valence-electron chi connectivity index (χ3n) is 8.93. The second kappa shape index (κ2) is 11.2. The number of carboxylic acid groups (broad SMARTS) is 1. The molecular formula is C29H34F3N3O6. The Balaban J connectivity index is 1.10. The summed E-state index contributed by atoms with van der Waals surface area (Å²) < 4.78 is 55.5. The van der Waals surface area contributed by atoms with Gasteiger partial charge in [0.05, 0.1) is 18.6 Å². The number of piperidine rings is 1. The molecule has 1 aromatic carbocycles. The summed E-state index contributed by atoms with van der Waals surface area (Å²) in [5.74, 6) is -0.608. The van der Waals surface area contributed by atoms with Crippen molar-refractivity contribution in [3.8, 4) is 17.0 Å². The number of nitrogens with one attached hydrogen (secondary N) is 1. The van der Waals surface area contributed by atoms with Gasteiger partial charge in [0.25, 0.3) is 0 Å². The van der Waals surface area contributed by atoms with Gasteiger partial charge < -0.3 is 29.3 Å². The van der Waals surface area contributed by atoms with Crippen molar-refractivity contribution in [1.29, 1.82) is 0 Å². The van der Waals surface area contributed by atoms with Crippen LogP contribution in [0.5, 0.6) is 5.75 Å². The average Bonchev–Trinajstić information content (AvgIpc) is 3.63. The smallest absolute Gasteiger partial charge is 0.481 e. The van der Waals surface area contributed by atoms with Crippen LogP contribution in [0.3, 0.4) is 0 Å². The number of para-hydroxylation sites is 1. The van der Waals surface area contributed by atoms with Gasteiger partial charge in [-0.2, -0.15) is 0 Å². The molecular weight excluding hydrogens is 543 g/mol. The lowest BCUT2D eigenvalue weighted by atomic mass is 9.86. The van der Waals surface area contributed by atoms with Crippen LogP contribution in [0.4, 0.5) is 18.0 Å². The van der Waals surface area contributed by atoms with Gasteiger partial charge in [0.2, 0.25) is 0 Å². The Morgan fingerprint density at radius 3 is 2.34 bits per heavy atom. The molecule has 222 valence electrons. The first-order valence-electron chi connectivity index (χ1n) is 14.4. The van der Waals surface area contributed by atoms with E-state index in [9.17, 15) is 27.9 Å². The molecule has 9 nitrogen and oxygen atoms in total. The number of ether oxygens (including phenoxy) is 2. The molecule has 2 N–H and O–H groups in total. The van der Waals surface area contributed by atoms with Gasteiger partial charge in [0.15, 0.2) is 0 Å². The van der Waals surface area contributed by atoms with Crippen LogP contribution in [0.25, 0.3) is 11.3 Å². The second-order valence-electron chi connectivity index (χ2n) is 11.7. The Bertz CT molecular complexity index is 1260. The van der Waals surface area contributed by atoms with E-state index in [1.54, 1.807) is 6.07 Å². The Morgan fingerprint density at radius 2 is 1.71 bits per heavy atom. The van der Waals surface area contributed by atoms with Crippen molar-refractivity contribution < 1.29 is 41.9 Å². The zero-order valence-corrected chi connectivity index (χ0v) is 22.6. The van der Waals surface area contributed by atoms with Crippen molar-refractivity contribution in [3.63, 3.8) is 0 Å². The molecule has 2 aliphatic carbocycles. The van der Waals surface area contributed by atoms with Crippen molar-refractivity contribution in [1.82, 2.24) is 15.4 Å². The predicted octanol–water partition coefficient (Wildman–Crippen LogP) is 5.98. The monoisotopic (exact) mass is 577 g/mol. The van der Waals surface area contributed by atoms with Gasteiger partial charge >= 0.3 is 18.4 Å². The highest BCUT2D eigenvalue weighted by Gasteiger charge is 2.45. The van der Waals surface area contributed by atoms with Gasteiger partial charge in [-0.3, -0.25) is 4.79 Å². The van der Waals surface area contributed by atoms with E-state index in [1.807, 2.05) is 4.90 Å². The molecule has 2 aromatic rings.